The van der Waals surface area contributed by atoms with Crippen molar-refractivity contribution in [2.24, 2.45) is 5.92 Å². The third-order valence-corrected chi connectivity index (χ3v) is 3.64. The molecule has 2 saturated heterocycles. The molecule has 2 aliphatic rings. The van der Waals surface area contributed by atoms with Gasteiger partial charge in [-0.3, -0.25) is 14.5 Å². The molecule has 0 aromatic rings. The summed E-state index contributed by atoms with van der Waals surface area (Å²) in [5.74, 6) is -1.95. The van der Waals surface area contributed by atoms with E-state index in [0.717, 1.165) is 4.90 Å². The molecule has 8 heteroatoms. The summed E-state index contributed by atoms with van der Waals surface area (Å²) in [6, 6.07) is -0.347. The number of ether oxygens (including phenoxy) is 2. The Kier molecular flexibility index (Phi) is 4.56. The number of carboxylic acid groups (broad SMARTS) is 1. The highest BCUT2D eigenvalue weighted by Crippen LogP contribution is 2.20. The lowest BCUT2D eigenvalue weighted by molar-refractivity contribution is -0.144. The summed E-state index contributed by atoms with van der Waals surface area (Å²) in [6.07, 6.45) is -0.636. The molecule has 0 saturated carbocycles. The zero-order valence-electron chi connectivity index (χ0n) is 11.3. The Bertz CT molecular complexity index is 413. The molecule has 112 valence electrons. The number of carboxylic acids is 1. The first-order valence-electron chi connectivity index (χ1n) is 6.56. The average molecular weight is 286 g/mol. The molecule has 0 aromatic heterocycles. The molecule has 0 radical (unpaired) electrons. The first-order chi connectivity index (χ1) is 9.54. The number of likely N-dealkylation sites (N-methyl/N-ethyl adjacent to an activating group) is 1. The van der Waals surface area contributed by atoms with Gasteiger partial charge in [0.2, 0.25) is 5.91 Å². The standard InChI is InChI=1S/C12H18N2O6/c1-2-13(9-7-19-6-8(9)11(16)17)5-10(15)14-3-4-20-12(14)18/h8-9H,2-7H2,1H3,(H,16,17). The molecule has 0 aliphatic carbocycles. The number of amides is 2. The molecule has 0 bridgehead atoms. The Balaban J connectivity index is 1.99. The Morgan fingerprint density at radius 2 is 2.20 bits per heavy atom. The molecular formula is C12H18N2O6. The smallest absolute Gasteiger partial charge is 0.416 e. The van der Waals surface area contributed by atoms with Crippen LogP contribution < -0.4 is 0 Å². The van der Waals surface area contributed by atoms with Crippen molar-refractivity contribution in [1.82, 2.24) is 9.80 Å². The molecule has 2 rings (SSSR count). The SMILES string of the molecule is CCN(CC(=O)N1CCOC1=O)C1COCC1C(=O)O. The summed E-state index contributed by atoms with van der Waals surface area (Å²) >= 11 is 0. The summed E-state index contributed by atoms with van der Waals surface area (Å²) in [6.45, 7) is 3.22. The molecule has 2 atom stereocenters. The van der Waals surface area contributed by atoms with Crippen LogP contribution in [0.25, 0.3) is 0 Å². The van der Waals surface area contributed by atoms with E-state index in [1.165, 1.54) is 0 Å². The van der Waals surface area contributed by atoms with Gasteiger partial charge < -0.3 is 14.6 Å². The number of hydrogen-bond acceptors (Lipinski definition) is 6. The van der Waals surface area contributed by atoms with Crippen molar-refractivity contribution >= 4 is 18.0 Å². The van der Waals surface area contributed by atoms with Crippen LogP contribution in [-0.4, -0.2) is 78.4 Å². The molecule has 0 spiro atoms. The number of aliphatic carboxylic acids is 1. The summed E-state index contributed by atoms with van der Waals surface area (Å²) in [4.78, 5) is 37.3. The minimum Gasteiger partial charge on any atom is -0.481 e. The van der Waals surface area contributed by atoms with Crippen LogP contribution >= 0.6 is 0 Å². The van der Waals surface area contributed by atoms with Crippen molar-refractivity contribution < 1.29 is 29.0 Å². The summed E-state index contributed by atoms with van der Waals surface area (Å²) in [5.41, 5.74) is 0. The van der Waals surface area contributed by atoms with E-state index in [1.807, 2.05) is 6.92 Å². The maximum absolute atomic E-state index is 12.1. The summed E-state index contributed by atoms with van der Waals surface area (Å²) < 4.78 is 9.92. The van der Waals surface area contributed by atoms with Crippen LogP contribution in [-0.2, 0) is 19.1 Å². The lowest BCUT2D eigenvalue weighted by Gasteiger charge is -2.29. The fraction of sp³-hybridized carbons (Fsp3) is 0.750. The minimum absolute atomic E-state index is 0.0105. The first kappa shape index (κ1) is 14.7. The maximum atomic E-state index is 12.1. The van der Waals surface area contributed by atoms with E-state index in [2.05, 4.69) is 0 Å². The van der Waals surface area contributed by atoms with Crippen LogP contribution in [0.1, 0.15) is 6.92 Å². The molecule has 2 amide bonds. The summed E-state index contributed by atoms with van der Waals surface area (Å²) in [5, 5.41) is 9.14. The van der Waals surface area contributed by atoms with Crippen molar-refractivity contribution in [2.45, 2.75) is 13.0 Å². The quantitative estimate of drug-likeness (QED) is 0.720. The van der Waals surface area contributed by atoms with Gasteiger partial charge in [0.1, 0.15) is 6.61 Å². The van der Waals surface area contributed by atoms with Gasteiger partial charge in [-0.05, 0) is 6.54 Å². The number of carbonyl (C=O) groups excluding carboxylic acids is 2. The summed E-state index contributed by atoms with van der Waals surface area (Å²) in [7, 11) is 0. The molecular weight excluding hydrogens is 268 g/mol. The van der Waals surface area contributed by atoms with Crippen LogP contribution in [0.4, 0.5) is 4.79 Å². The normalized spacial score (nSPS) is 26.1. The molecule has 0 aromatic carbocycles. The average Bonchev–Trinajstić information content (AvgIpc) is 3.04. The Hall–Kier alpha value is -1.67. The van der Waals surface area contributed by atoms with Gasteiger partial charge in [0, 0.05) is 6.04 Å². The van der Waals surface area contributed by atoms with Crippen molar-refractivity contribution in [3.05, 3.63) is 0 Å². The molecule has 2 fully saturated rings. The molecule has 8 nitrogen and oxygen atoms in total. The third kappa shape index (κ3) is 2.91. The third-order valence-electron chi connectivity index (χ3n) is 3.64. The number of cyclic esters (lactones) is 1. The topological polar surface area (TPSA) is 96.4 Å². The molecule has 20 heavy (non-hydrogen) atoms. The highest BCUT2D eigenvalue weighted by atomic mass is 16.6. The van der Waals surface area contributed by atoms with Gasteiger partial charge in [-0.25, -0.2) is 9.69 Å². The molecule has 2 heterocycles. The van der Waals surface area contributed by atoms with Gasteiger partial charge in [0.05, 0.1) is 32.2 Å². The second-order valence-electron chi connectivity index (χ2n) is 4.77. The fourth-order valence-corrected chi connectivity index (χ4v) is 2.48. The highest BCUT2D eigenvalue weighted by molar-refractivity contribution is 5.94. The van der Waals surface area contributed by atoms with Crippen LogP contribution in [0.2, 0.25) is 0 Å². The highest BCUT2D eigenvalue weighted by Gasteiger charge is 2.39. The van der Waals surface area contributed by atoms with Gasteiger partial charge in [-0.15, -0.1) is 0 Å². The monoisotopic (exact) mass is 286 g/mol. The lowest BCUT2D eigenvalue weighted by atomic mass is 10.0. The van der Waals surface area contributed by atoms with Crippen LogP contribution in [0.5, 0.6) is 0 Å². The predicted molar refractivity (Wildman–Crippen MR) is 66.0 cm³/mol. The van der Waals surface area contributed by atoms with Gasteiger partial charge in [-0.1, -0.05) is 6.92 Å². The van der Waals surface area contributed by atoms with Crippen LogP contribution in [0, 0.1) is 5.92 Å². The van der Waals surface area contributed by atoms with Gasteiger partial charge in [0.25, 0.3) is 0 Å². The zero-order valence-corrected chi connectivity index (χ0v) is 11.3. The second kappa shape index (κ2) is 6.19. The molecule has 2 aliphatic heterocycles. The largest absolute Gasteiger partial charge is 0.481 e. The van der Waals surface area contributed by atoms with Crippen molar-refractivity contribution in [3.63, 3.8) is 0 Å². The van der Waals surface area contributed by atoms with E-state index in [0.29, 0.717) is 6.54 Å². The lowest BCUT2D eigenvalue weighted by Crippen LogP contribution is -2.48. The Labute approximate surface area is 116 Å². The number of rotatable bonds is 5. The minimum atomic E-state index is -0.931. The number of carbonyl (C=O) groups is 3. The first-order valence-corrected chi connectivity index (χ1v) is 6.56. The maximum Gasteiger partial charge on any atom is 0.416 e. The van der Waals surface area contributed by atoms with E-state index in [9.17, 15) is 14.4 Å². The van der Waals surface area contributed by atoms with Gasteiger partial charge in [-0.2, -0.15) is 0 Å². The number of hydrogen-bond donors (Lipinski definition) is 1. The Morgan fingerprint density at radius 3 is 2.75 bits per heavy atom. The van der Waals surface area contributed by atoms with E-state index in [-0.39, 0.29) is 44.9 Å². The molecule has 1 N–H and O–H groups in total. The van der Waals surface area contributed by atoms with E-state index < -0.39 is 18.0 Å². The van der Waals surface area contributed by atoms with Crippen molar-refractivity contribution in [2.75, 3.05) is 39.5 Å². The van der Waals surface area contributed by atoms with E-state index in [1.54, 1.807) is 4.90 Å². The van der Waals surface area contributed by atoms with Crippen molar-refractivity contribution in [3.8, 4) is 0 Å². The van der Waals surface area contributed by atoms with E-state index >= 15 is 0 Å². The van der Waals surface area contributed by atoms with Gasteiger partial charge >= 0.3 is 12.1 Å². The number of imide groups is 1. The van der Waals surface area contributed by atoms with Crippen LogP contribution in [0.3, 0.4) is 0 Å². The van der Waals surface area contributed by atoms with E-state index in [4.69, 9.17) is 14.6 Å². The molecule has 2 unspecified atom stereocenters. The van der Waals surface area contributed by atoms with Gasteiger partial charge in [0.15, 0.2) is 0 Å². The number of nitrogens with zero attached hydrogens (tertiary/aromatic N) is 2. The second-order valence-corrected chi connectivity index (χ2v) is 4.77. The predicted octanol–water partition coefficient (Wildman–Crippen LogP) is -0.613. The fourth-order valence-electron chi connectivity index (χ4n) is 2.48. The van der Waals surface area contributed by atoms with Crippen molar-refractivity contribution in [1.29, 1.82) is 0 Å². The zero-order chi connectivity index (χ0) is 14.7. The van der Waals surface area contributed by atoms with Crippen LogP contribution in [0.15, 0.2) is 0 Å². The Morgan fingerprint density at radius 1 is 1.45 bits per heavy atom.